The first kappa shape index (κ1) is 16.2. The lowest BCUT2D eigenvalue weighted by Gasteiger charge is -2.40. The van der Waals surface area contributed by atoms with Gasteiger partial charge >= 0.3 is 0 Å². The van der Waals surface area contributed by atoms with Crippen molar-refractivity contribution in [2.75, 3.05) is 18.8 Å². The van der Waals surface area contributed by atoms with Gasteiger partial charge in [0.05, 0.1) is 11.2 Å². The molecule has 1 heterocycles. The fourth-order valence-corrected chi connectivity index (χ4v) is 4.65. The molecule has 0 radical (unpaired) electrons. The number of hydrogen-bond acceptors (Lipinski definition) is 3. The highest BCUT2D eigenvalue weighted by Gasteiger charge is 2.42. The van der Waals surface area contributed by atoms with Crippen LogP contribution < -0.4 is 0 Å². The van der Waals surface area contributed by atoms with Crippen LogP contribution in [0.25, 0.3) is 0 Å². The molecule has 1 fully saturated rings. The Morgan fingerprint density at radius 2 is 1.76 bits per heavy atom. The van der Waals surface area contributed by atoms with E-state index in [9.17, 15) is 13.2 Å². The van der Waals surface area contributed by atoms with Gasteiger partial charge in [-0.3, -0.25) is 4.79 Å². The molecule has 21 heavy (non-hydrogen) atoms. The van der Waals surface area contributed by atoms with Gasteiger partial charge in [-0.05, 0) is 31.7 Å². The van der Waals surface area contributed by atoms with Crippen LogP contribution in [0.5, 0.6) is 0 Å². The van der Waals surface area contributed by atoms with Gasteiger partial charge in [0.1, 0.15) is 5.78 Å². The van der Waals surface area contributed by atoms with Crippen LogP contribution in [0.4, 0.5) is 0 Å². The minimum atomic E-state index is -3.17. The van der Waals surface area contributed by atoms with Crippen LogP contribution in [0.2, 0.25) is 0 Å². The minimum absolute atomic E-state index is 0.126. The molecule has 5 heteroatoms. The molecular formula is C16H23NO3S. The highest BCUT2D eigenvalue weighted by Crippen LogP contribution is 2.37. The van der Waals surface area contributed by atoms with Crippen LogP contribution in [-0.4, -0.2) is 37.3 Å². The van der Waals surface area contributed by atoms with Crippen molar-refractivity contribution in [2.45, 2.75) is 38.5 Å². The number of Topliss-reactive ketones (excluding diaryl/α,β-unsaturated/α-hetero) is 1. The van der Waals surface area contributed by atoms with E-state index in [4.69, 9.17) is 0 Å². The largest absolute Gasteiger partial charge is 0.299 e. The summed E-state index contributed by atoms with van der Waals surface area (Å²) in [6.45, 7) is 4.34. The van der Waals surface area contributed by atoms with Crippen molar-refractivity contribution in [1.29, 1.82) is 0 Å². The van der Waals surface area contributed by atoms with E-state index in [-0.39, 0.29) is 11.5 Å². The number of nitrogens with zero attached hydrogens (tertiary/aromatic N) is 1. The lowest BCUT2D eigenvalue weighted by molar-refractivity contribution is -0.123. The van der Waals surface area contributed by atoms with Crippen LogP contribution in [0.1, 0.15) is 38.7 Å². The molecule has 0 atom stereocenters. The molecule has 1 aromatic carbocycles. The van der Waals surface area contributed by atoms with E-state index in [1.807, 2.05) is 37.3 Å². The second-order valence-corrected chi connectivity index (χ2v) is 7.81. The van der Waals surface area contributed by atoms with Crippen molar-refractivity contribution in [1.82, 2.24) is 4.31 Å². The molecule has 1 aromatic rings. The molecule has 1 aliphatic heterocycles. The van der Waals surface area contributed by atoms with Crippen molar-refractivity contribution in [2.24, 2.45) is 0 Å². The average Bonchev–Trinajstić information content (AvgIpc) is 2.48. The minimum Gasteiger partial charge on any atom is -0.299 e. The Hall–Kier alpha value is -1.20. The molecular weight excluding hydrogens is 286 g/mol. The summed E-state index contributed by atoms with van der Waals surface area (Å²) in [6, 6.07) is 9.73. The highest BCUT2D eigenvalue weighted by molar-refractivity contribution is 7.89. The molecule has 4 nitrogen and oxygen atoms in total. The molecule has 0 bridgehead atoms. The number of carbonyl (C=O) groups is 1. The maximum atomic E-state index is 12.2. The molecule has 1 saturated heterocycles. The van der Waals surface area contributed by atoms with Crippen LogP contribution in [0.15, 0.2) is 30.3 Å². The molecule has 2 rings (SSSR count). The first-order valence-corrected chi connectivity index (χ1v) is 9.08. The maximum Gasteiger partial charge on any atom is 0.214 e. The van der Waals surface area contributed by atoms with Crippen molar-refractivity contribution in [3.8, 4) is 0 Å². The van der Waals surface area contributed by atoms with Gasteiger partial charge in [-0.1, -0.05) is 37.3 Å². The summed E-state index contributed by atoms with van der Waals surface area (Å²) in [5.41, 5.74) is 0.476. The molecule has 1 aliphatic rings. The van der Waals surface area contributed by atoms with E-state index in [0.717, 1.165) is 5.56 Å². The second kappa shape index (κ2) is 6.28. The molecule has 0 N–H and O–H groups in total. The number of sulfonamides is 1. The van der Waals surface area contributed by atoms with Crippen molar-refractivity contribution < 1.29 is 13.2 Å². The third-order valence-corrected chi connectivity index (χ3v) is 6.51. The first-order chi connectivity index (χ1) is 9.92. The van der Waals surface area contributed by atoms with E-state index >= 15 is 0 Å². The Kier molecular flexibility index (Phi) is 4.84. The number of rotatable bonds is 5. The fourth-order valence-electron chi connectivity index (χ4n) is 3.13. The number of piperidine rings is 1. The summed E-state index contributed by atoms with van der Waals surface area (Å²) in [5, 5.41) is 0. The van der Waals surface area contributed by atoms with E-state index in [0.29, 0.717) is 32.4 Å². The van der Waals surface area contributed by atoms with Gasteiger partial charge in [-0.25, -0.2) is 12.7 Å². The molecule has 0 spiro atoms. The van der Waals surface area contributed by atoms with Gasteiger partial charge < -0.3 is 0 Å². The normalized spacial score (nSPS) is 19.3. The quantitative estimate of drug-likeness (QED) is 0.839. The standard InChI is InChI=1S/C16H23NO3S/c1-3-13-21(19,20)17-11-9-16(10-12-17,14(2)18)15-7-5-4-6-8-15/h4-8H,3,9-13H2,1-2H3. The summed E-state index contributed by atoms with van der Waals surface area (Å²) in [7, 11) is -3.17. The number of hydrogen-bond donors (Lipinski definition) is 0. The molecule has 0 saturated carbocycles. The van der Waals surface area contributed by atoms with E-state index < -0.39 is 15.4 Å². The number of benzene rings is 1. The zero-order chi connectivity index (χ0) is 15.5. The Bertz CT molecular complexity index is 587. The smallest absolute Gasteiger partial charge is 0.214 e. The van der Waals surface area contributed by atoms with Crippen LogP contribution in [0, 0.1) is 0 Å². The molecule has 0 amide bonds. The van der Waals surface area contributed by atoms with Crippen LogP contribution in [0.3, 0.4) is 0 Å². The maximum absolute atomic E-state index is 12.2. The number of carbonyl (C=O) groups excluding carboxylic acids is 1. The van der Waals surface area contributed by atoms with Crippen LogP contribution >= 0.6 is 0 Å². The Labute approximate surface area is 127 Å². The SMILES string of the molecule is CCCS(=O)(=O)N1CCC(C(C)=O)(c2ccccc2)CC1. The van der Waals surface area contributed by atoms with Crippen LogP contribution in [-0.2, 0) is 20.2 Å². The Morgan fingerprint density at radius 1 is 1.19 bits per heavy atom. The van der Waals surface area contributed by atoms with Gasteiger partial charge in [-0.2, -0.15) is 0 Å². The van der Waals surface area contributed by atoms with E-state index in [2.05, 4.69) is 0 Å². The summed E-state index contributed by atoms with van der Waals surface area (Å²) in [5.74, 6) is 0.312. The zero-order valence-electron chi connectivity index (χ0n) is 12.7. The van der Waals surface area contributed by atoms with E-state index in [1.165, 1.54) is 0 Å². The summed E-state index contributed by atoms with van der Waals surface area (Å²) < 4.78 is 25.8. The first-order valence-electron chi connectivity index (χ1n) is 7.47. The molecule has 0 unspecified atom stereocenters. The molecule has 0 aliphatic carbocycles. The van der Waals surface area contributed by atoms with Crippen molar-refractivity contribution in [3.63, 3.8) is 0 Å². The van der Waals surface area contributed by atoms with Gasteiger partial charge in [0.25, 0.3) is 0 Å². The molecule has 116 valence electrons. The van der Waals surface area contributed by atoms with Gasteiger partial charge in [0, 0.05) is 13.1 Å². The van der Waals surface area contributed by atoms with E-state index in [1.54, 1.807) is 11.2 Å². The topological polar surface area (TPSA) is 54.5 Å². The average molecular weight is 309 g/mol. The fraction of sp³-hybridized carbons (Fsp3) is 0.562. The van der Waals surface area contributed by atoms with Crippen molar-refractivity contribution >= 4 is 15.8 Å². The van der Waals surface area contributed by atoms with Crippen molar-refractivity contribution in [3.05, 3.63) is 35.9 Å². The van der Waals surface area contributed by atoms with Gasteiger partial charge in [-0.15, -0.1) is 0 Å². The lowest BCUT2D eigenvalue weighted by atomic mass is 9.70. The summed E-state index contributed by atoms with van der Waals surface area (Å²) in [4.78, 5) is 12.2. The second-order valence-electron chi connectivity index (χ2n) is 5.72. The summed E-state index contributed by atoms with van der Waals surface area (Å²) in [6.07, 6.45) is 1.75. The predicted octanol–water partition coefficient (Wildman–Crippen LogP) is 2.35. The highest BCUT2D eigenvalue weighted by atomic mass is 32.2. The number of ketones is 1. The Morgan fingerprint density at radius 3 is 2.24 bits per heavy atom. The Balaban J connectivity index is 2.22. The third kappa shape index (κ3) is 3.19. The predicted molar refractivity (Wildman–Crippen MR) is 83.7 cm³/mol. The summed E-state index contributed by atoms with van der Waals surface area (Å²) >= 11 is 0. The molecule has 0 aromatic heterocycles. The monoisotopic (exact) mass is 309 g/mol. The lowest BCUT2D eigenvalue weighted by Crippen LogP contribution is -2.48. The third-order valence-electron chi connectivity index (χ3n) is 4.43. The van der Waals surface area contributed by atoms with Gasteiger partial charge in [0.2, 0.25) is 10.0 Å². The zero-order valence-corrected chi connectivity index (χ0v) is 13.5. The van der Waals surface area contributed by atoms with Gasteiger partial charge in [0.15, 0.2) is 0 Å².